The summed E-state index contributed by atoms with van der Waals surface area (Å²) in [5, 5.41) is 2.98. The molecule has 0 aliphatic rings. The highest BCUT2D eigenvalue weighted by molar-refractivity contribution is 7.92. The first-order valence-corrected chi connectivity index (χ1v) is 12.4. The van der Waals surface area contributed by atoms with Crippen molar-refractivity contribution in [1.82, 2.24) is 5.32 Å². The largest absolute Gasteiger partial charge is 0.497 e. The lowest BCUT2D eigenvalue weighted by molar-refractivity contribution is -0.120. The summed E-state index contributed by atoms with van der Waals surface area (Å²) in [5.74, 6) is 0.950. The topological polar surface area (TPSA) is 84.9 Å². The zero-order chi connectivity index (χ0) is 24.7. The van der Waals surface area contributed by atoms with Gasteiger partial charge in [0.1, 0.15) is 18.0 Å². The molecule has 0 radical (unpaired) electrons. The fourth-order valence-electron chi connectivity index (χ4n) is 3.69. The van der Waals surface area contributed by atoms with E-state index in [1.54, 1.807) is 49.6 Å². The number of anilines is 1. The molecule has 0 heterocycles. The number of nitrogens with one attached hydrogen (secondary N) is 1. The predicted molar refractivity (Wildman–Crippen MR) is 133 cm³/mol. The Bertz CT molecular complexity index is 1210. The lowest BCUT2D eigenvalue weighted by Crippen LogP contribution is -2.42. The molecule has 3 rings (SSSR count). The molecule has 1 atom stereocenters. The normalized spacial score (nSPS) is 12.0. The Morgan fingerprint density at radius 1 is 0.971 bits per heavy atom. The minimum absolute atomic E-state index is 0.108. The van der Waals surface area contributed by atoms with E-state index in [4.69, 9.17) is 9.47 Å². The highest BCUT2D eigenvalue weighted by Gasteiger charge is 2.28. The van der Waals surface area contributed by atoms with Gasteiger partial charge in [-0.2, -0.15) is 0 Å². The first-order chi connectivity index (χ1) is 16.3. The van der Waals surface area contributed by atoms with Crippen LogP contribution in [0, 0.1) is 6.92 Å². The van der Waals surface area contributed by atoms with Gasteiger partial charge in [-0.3, -0.25) is 9.10 Å². The second-order valence-corrected chi connectivity index (χ2v) is 9.64. The third-order valence-corrected chi connectivity index (χ3v) is 7.33. The molecule has 0 saturated heterocycles. The van der Waals surface area contributed by atoms with Crippen LogP contribution in [0.1, 0.15) is 30.5 Å². The Balaban J connectivity index is 1.89. The zero-order valence-electron chi connectivity index (χ0n) is 19.8. The molecule has 0 fully saturated rings. The summed E-state index contributed by atoms with van der Waals surface area (Å²) < 4.78 is 38.6. The van der Waals surface area contributed by atoms with Gasteiger partial charge in [0.05, 0.1) is 30.8 Å². The summed E-state index contributed by atoms with van der Waals surface area (Å²) in [4.78, 5) is 13.2. The number of amides is 1. The second-order valence-electron chi connectivity index (χ2n) is 7.78. The fourth-order valence-corrected chi connectivity index (χ4v) is 5.14. The maximum atomic E-state index is 13.5. The SMILES string of the molecule is CC[C@H](NC(=O)CN(c1ccc(OC)cc1)S(=O)(=O)c1ccccc1)c1ccc(OC)c(C)c1. The Kier molecular flexibility index (Phi) is 8.17. The van der Waals surface area contributed by atoms with Crippen molar-refractivity contribution in [2.24, 2.45) is 0 Å². The number of carbonyl (C=O) groups excluding carboxylic acids is 1. The van der Waals surface area contributed by atoms with Crippen LogP contribution in [0.2, 0.25) is 0 Å². The standard InChI is InChI=1S/C26H30N2O5S/c1-5-24(20-11-16-25(33-4)19(2)17-20)27-26(29)18-28(21-12-14-22(32-3)15-13-21)34(30,31)23-9-7-6-8-10-23/h6-17,24H,5,18H2,1-4H3,(H,27,29)/t24-/m0/s1. The Hall–Kier alpha value is -3.52. The predicted octanol–water partition coefficient (Wildman–Crippen LogP) is 4.48. The van der Waals surface area contributed by atoms with E-state index in [0.717, 1.165) is 21.2 Å². The highest BCUT2D eigenvalue weighted by Crippen LogP contribution is 2.27. The molecule has 0 unspecified atom stereocenters. The fraction of sp³-hybridized carbons (Fsp3) is 0.269. The number of benzene rings is 3. The van der Waals surface area contributed by atoms with Crippen molar-refractivity contribution in [3.8, 4) is 11.5 Å². The van der Waals surface area contributed by atoms with Crippen LogP contribution >= 0.6 is 0 Å². The van der Waals surface area contributed by atoms with E-state index in [2.05, 4.69) is 5.32 Å². The van der Waals surface area contributed by atoms with E-state index in [0.29, 0.717) is 17.9 Å². The van der Waals surface area contributed by atoms with Crippen molar-refractivity contribution in [3.05, 3.63) is 83.9 Å². The molecule has 34 heavy (non-hydrogen) atoms. The molecule has 7 nitrogen and oxygen atoms in total. The molecule has 0 spiro atoms. The summed E-state index contributed by atoms with van der Waals surface area (Å²) in [6, 6.07) is 20.1. The van der Waals surface area contributed by atoms with E-state index in [1.165, 1.54) is 19.2 Å². The maximum Gasteiger partial charge on any atom is 0.264 e. The van der Waals surface area contributed by atoms with Gasteiger partial charge in [0.2, 0.25) is 5.91 Å². The maximum absolute atomic E-state index is 13.5. The first kappa shape index (κ1) is 25.1. The number of nitrogens with zero attached hydrogens (tertiary/aromatic N) is 1. The monoisotopic (exact) mass is 482 g/mol. The number of methoxy groups -OCH3 is 2. The van der Waals surface area contributed by atoms with Crippen molar-refractivity contribution in [2.45, 2.75) is 31.2 Å². The molecular formula is C26H30N2O5S. The van der Waals surface area contributed by atoms with Crippen LogP contribution in [0.5, 0.6) is 11.5 Å². The lowest BCUT2D eigenvalue weighted by atomic mass is 10.0. The number of hydrogen-bond acceptors (Lipinski definition) is 5. The molecular weight excluding hydrogens is 452 g/mol. The molecule has 3 aromatic rings. The summed E-state index contributed by atoms with van der Waals surface area (Å²) in [6.07, 6.45) is 0.644. The molecule has 0 aliphatic carbocycles. The van der Waals surface area contributed by atoms with E-state index >= 15 is 0 Å². The Morgan fingerprint density at radius 2 is 1.65 bits per heavy atom. The van der Waals surface area contributed by atoms with E-state index < -0.39 is 15.9 Å². The third-order valence-electron chi connectivity index (χ3n) is 5.54. The van der Waals surface area contributed by atoms with Crippen molar-refractivity contribution in [2.75, 3.05) is 25.1 Å². The summed E-state index contributed by atoms with van der Waals surface area (Å²) in [7, 11) is -0.829. The van der Waals surface area contributed by atoms with E-state index in [1.807, 2.05) is 32.0 Å². The van der Waals surface area contributed by atoms with Crippen LogP contribution in [0.3, 0.4) is 0 Å². The number of rotatable bonds is 10. The van der Waals surface area contributed by atoms with Gasteiger partial charge >= 0.3 is 0 Å². The lowest BCUT2D eigenvalue weighted by Gasteiger charge is -2.26. The quantitative estimate of drug-likeness (QED) is 0.461. The summed E-state index contributed by atoms with van der Waals surface area (Å²) in [6.45, 7) is 3.54. The zero-order valence-corrected chi connectivity index (χ0v) is 20.6. The van der Waals surface area contributed by atoms with Gasteiger partial charge in [-0.1, -0.05) is 37.3 Å². The number of ether oxygens (including phenoxy) is 2. The molecule has 0 aromatic heterocycles. The number of carbonyl (C=O) groups is 1. The molecule has 3 aromatic carbocycles. The molecule has 1 N–H and O–H groups in total. The smallest absolute Gasteiger partial charge is 0.264 e. The molecule has 0 saturated carbocycles. The third kappa shape index (κ3) is 5.69. The van der Waals surface area contributed by atoms with Crippen LogP contribution < -0.4 is 19.1 Å². The van der Waals surface area contributed by atoms with Crippen molar-refractivity contribution in [1.29, 1.82) is 0 Å². The van der Waals surface area contributed by atoms with Crippen LogP contribution in [0.4, 0.5) is 5.69 Å². The van der Waals surface area contributed by atoms with Gasteiger partial charge in [0, 0.05) is 0 Å². The summed E-state index contributed by atoms with van der Waals surface area (Å²) >= 11 is 0. The molecule has 180 valence electrons. The van der Waals surface area contributed by atoms with Crippen LogP contribution in [0.25, 0.3) is 0 Å². The minimum Gasteiger partial charge on any atom is -0.497 e. The van der Waals surface area contributed by atoms with Gasteiger partial charge in [-0.05, 0) is 66.9 Å². The van der Waals surface area contributed by atoms with Gasteiger partial charge in [0.15, 0.2) is 0 Å². The Labute approximate surface area is 201 Å². The van der Waals surface area contributed by atoms with Gasteiger partial charge < -0.3 is 14.8 Å². The van der Waals surface area contributed by atoms with Crippen molar-refractivity contribution >= 4 is 21.6 Å². The van der Waals surface area contributed by atoms with Crippen LogP contribution in [-0.4, -0.2) is 35.1 Å². The van der Waals surface area contributed by atoms with Gasteiger partial charge in [-0.15, -0.1) is 0 Å². The average Bonchev–Trinajstić information content (AvgIpc) is 2.86. The van der Waals surface area contributed by atoms with Crippen molar-refractivity contribution < 1.29 is 22.7 Å². The molecule has 8 heteroatoms. The van der Waals surface area contributed by atoms with E-state index in [9.17, 15) is 13.2 Å². The van der Waals surface area contributed by atoms with Gasteiger partial charge in [-0.25, -0.2) is 8.42 Å². The van der Waals surface area contributed by atoms with Crippen molar-refractivity contribution in [3.63, 3.8) is 0 Å². The number of sulfonamides is 1. The minimum atomic E-state index is -3.98. The van der Waals surface area contributed by atoms with Crippen LogP contribution in [-0.2, 0) is 14.8 Å². The molecule has 1 amide bonds. The van der Waals surface area contributed by atoms with Gasteiger partial charge in [0.25, 0.3) is 10.0 Å². The highest BCUT2D eigenvalue weighted by atomic mass is 32.2. The molecule has 0 bridgehead atoms. The average molecular weight is 483 g/mol. The second kappa shape index (κ2) is 11.1. The Morgan fingerprint density at radius 3 is 2.21 bits per heavy atom. The molecule has 0 aliphatic heterocycles. The van der Waals surface area contributed by atoms with E-state index in [-0.39, 0.29) is 17.5 Å². The summed E-state index contributed by atoms with van der Waals surface area (Å²) in [5.41, 5.74) is 2.25. The number of hydrogen-bond donors (Lipinski definition) is 1. The first-order valence-electron chi connectivity index (χ1n) is 11.0. The number of aryl methyl sites for hydroxylation is 1. The van der Waals surface area contributed by atoms with Crippen LogP contribution in [0.15, 0.2) is 77.7 Å².